The molecule has 1 rings (SSSR count). The van der Waals surface area contributed by atoms with Gasteiger partial charge < -0.3 is 20.1 Å². The van der Waals surface area contributed by atoms with Gasteiger partial charge in [0, 0.05) is 19.3 Å². The maximum Gasteiger partial charge on any atom is 0.129 e. The van der Waals surface area contributed by atoms with Gasteiger partial charge in [0.05, 0.1) is 18.3 Å². The zero-order valence-corrected chi connectivity index (χ0v) is 16.1. The van der Waals surface area contributed by atoms with Crippen molar-refractivity contribution in [2.24, 2.45) is 0 Å². The number of carbonyl (C=O) groups is 1. The van der Waals surface area contributed by atoms with Gasteiger partial charge in [-0.1, -0.05) is 55.5 Å². The van der Waals surface area contributed by atoms with Crippen molar-refractivity contribution in [2.45, 2.75) is 64.3 Å². The molecule has 0 fully saturated rings. The number of ketones is 1. The third kappa shape index (κ3) is 9.91. The topological polar surface area (TPSA) is 77.8 Å². The summed E-state index contributed by atoms with van der Waals surface area (Å²) in [5.41, 5.74) is 1.77. The van der Waals surface area contributed by atoms with Crippen LogP contribution in [0.2, 0.25) is 0 Å². The van der Waals surface area contributed by atoms with E-state index in [0.717, 1.165) is 17.5 Å². The predicted molar refractivity (Wildman–Crippen MR) is 110 cm³/mol. The summed E-state index contributed by atoms with van der Waals surface area (Å²) in [4.78, 5) is 10.9. The Kier molecular flexibility index (Phi) is 11.0. The maximum atomic E-state index is 10.9. The van der Waals surface area contributed by atoms with E-state index in [2.05, 4.69) is 11.8 Å². The molecule has 0 aliphatic carbocycles. The molecule has 0 aromatic heterocycles. The van der Waals surface area contributed by atoms with Gasteiger partial charge in [-0.3, -0.25) is 0 Å². The van der Waals surface area contributed by atoms with Gasteiger partial charge in [-0.2, -0.15) is 0 Å². The molecule has 0 unspecified atom stereocenters. The smallest absolute Gasteiger partial charge is 0.129 e. The lowest BCUT2D eigenvalue weighted by Crippen LogP contribution is -2.23. The summed E-state index contributed by atoms with van der Waals surface area (Å²) >= 11 is 0. The van der Waals surface area contributed by atoms with Gasteiger partial charge in [0.15, 0.2) is 0 Å². The van der Waals surface area contributed by atoms with Crippen LogP contribution in [0.3, 0.4) is 0 Å². The zero-order chi connectivity index (χ0) is 20.1. The fourth-order valence-electron chi connectivity index (χ4n) is 2.46. The largest absolute Gasteiger partial charge is 0.390 e. The molecule has 0 heterocycles. The molecule has 1 aromatic carbocycles. The standard InChI is InChI=1S/C23H30O4/c1-3-4-5-12-21(25)16-14-19-10-6-7-11-20(19)15-17-23(27)22(26)13-8-9-18(2)24/h6-7,10-11,14-17,21-23,25-27H,3,8-9,12-13H2,1-2H3/b16-14+,17-15+/t21-,22+,23-/m1/s1. The molecule has 146 valence electrons. The third-order valence-corrected chi connectivity index (χ3v) is 4.00. The summed E-state index contributed by atoms with van der Waals surface area (Å²) < 4.78 is 0. The molecule has 0 saturated carbocycles. The monoisotopic (exact) mass is 370 g/mol. The lowest BCUT2D eigenvalue weighted by Gasteiger charge is -2.14. The Bertz CT molecular complexity index is 694. The van der Waals surface area contributed by atoms with Crippen LogP contribution < -0.4 is 0 Å². The highest BCUT2D eigenvalue weighted by Gasteiger charge is 2.13. The van der Waals surface area contributed by atoms with Crippen LogP contribution in [0.5, 0.6) is 0 Å². The highest BCUT2D eigenvalue weighted by atomic mass is 16.3. The van der Waals surface area contributed by atoms with Crippen molar-refractivity contribution in [1.82, 2.24) is 0 Å². The summed E-state index contributed by atoms with van der Waals surface area (Å²) in [5, 5.41) is 30.0. The number of hydrogen-bond donors (Lipinski definition) is 3. The van der Waals surface area contributed by atoms with Crippen LogP contribution in [0, 0.1) is 11.8 Å². The highest BCUT2D eigenvalue weighted by molar-refractivity contribution is 5.75. The summed E-state index contributed by atoms with van der Waals surface area (Å²) in [6.07, 6.45) is 6.80. The van der Waals surface area contributed by atoms with Crippen LogP contribution in [0.25, 0.3) is 12.2 Å². The van der Waals surface area contributed by atoms with E-state index in [0.29, 0.717) is 25.7 Å². The van der Waals surface area contributed by atoms with E-state index in [1.807, 2.05) is 37.3 Å². The minimum absolute atomic E-state index is 0.0795. The van der Waals surface area contributed by atoms with E-state index in [-0.39, 0.29) is 5.78 Å². The summed E-state index contributed by atoms with van der Waals surface area (Å²) in [6.45, 7) is 3.48. The quantitative estimate of drug-likeness (QED) is 0.552. The molecule has 0 aliphatic heterocycles. The van der Waals surface area contributed by atoms with Crippen molar-refractivity contribution in [3.05, 3.63) is 47.5 Å². The van der Waals surface area contributed by atoms with Gasteiger partial charge >= 0.3 is 0 Å². The lowest BCUT2D eigenvalue weighted by molar-refractivity contribution is -0.117. The van der Waals surface area contributed by atoms with Crippen molar-refractivity contribution in [1.29, 1.82) is 0 Å². The van der Waals surface area contributed by atoms with E-state index in [9.17, 15) is 20.1 Å². The second kappa shape index (κ2) is 13.1. The zero-order valence-electron chi connectivity index (χ0n) is 16.1. The van der Waals surface area contributed by atoms with Crippen molar-refractivity contribution in [3.8, 4) is 11.8 Å². The summed E-state index contributed by atoms with van der Waals surface area (Å²) in [7, 11) is 0. The molecular formula is C23H30O4. The SMILES string of the molecule is CCC#CC[C@@H](O)/C=C/c1ccccc1/C=C/[C@@H](O)[C@@H](O)CCCC(C)=O. The third-order valence-electron chi connectivity index (χ3n) is 4.00. The Hall–Kier alpha value is -2.19. The molecule has 4 nitrogen and oxygen atoms in total. The molecular weight excluding hydrogens is 340 g/mol. The lowest BCUT2D eigenvalue weighted by atomic mass is 10.0. The number of aliphatic hydroxyl groups excluding tert-OH is 3. The van der Waals surface area contributed by atoms with E-state index in [4.69, 9.17) is 0 Å². The van der Waals surface area contributed by atoms with Gasteiger partial charge in [0.25, 0.3) is 0 Å². The van der Waals surface area contributed by atoms with Crippen LogP contribution in [0.15, 0.2) is 36.4 Å². The molecule has 0 saturated heterocycles. The molecule has 4 heteroatoms. The van der Waals surface area contributed by atoms with Gasteiger partial charge in [0.1, 0.15) is 5.78 Å². The van der Waals surface area contributed by atoms with Gasteiger partial charge in [-0.25, -0.2) is 0 Å². The summed E-state index contributed by atoms with van der Waals surface area (Å²) in [6, 6.07) is 7.59. The van der Waals surface area contributed by atoms with Crippen LogP contribution in [0.4, 0.5) is 0 Å². The molecule has 1 aromatic rings. The van der Waals surface area contributed by atoms with Gasteiger partial charge in [-0.15, -0.1) is 11.8 Å². The Morgan fingerprint density at radius 3 is 2.30 bits per heavy atom. The van der Waals surface area contributed by atoms with Crippen molar-refractivity contribution >= 4 is 17.9 Å². The van der Waals surface area contributed by atoms with E-state index < -0.39 is 18.3 Å². The minimum atomic E-state index is -0.996. The van der Waals surface area contributed by atoms with Crippen molar-refractivity contribution in [2.75, 3.05) is 0 Å². The van der Waals surface area contributed by atoms with Gasteiger partial charge in [0.2, 0.25) is 0 Å². The van der Waals surface area contributed by atoms with E-state index in [1.165, 1.54) is 6.92 Å². The fraction of sp³-hybridized carbons (Fsp3) is 0.435. The van der Waals surface area contributed by atoms with Crippen LogP contribution in [0.1, 0.15) is 57.1 Å². The Morgan fingerprint density at radius 1 is 1.07 bits per heavy atom. The van der Waals surface area contributed by atoms with Crippen LogP contribution in [-0.4, -0.2) is 39.4 Å². The predicted octanol–water partition coefficient (Wildman–Crippen LogP) is 3.36. The molecule has 3 atom stereocenters. The number of Topliss-reactive ketones (excluding diaryl/α,β-unsaturated/α-hetero) is 1. The first kappa shape index (κ1) is 22.9. The molecule has 0 amide bonds. The molecule has 0 spiro atoms. The number of benzene rings is 1. The molecule has 0 bridgehead atoms. The number of aliphatic hydroxyl groups is 3. The average Bonchev–Trinajstić information content (AvgIpc) is 2.64. The summed E-state index contributed by atoms with van der Waals surface area (Å²) in [5.74, 6) is 5.92. The first-order valence-corrected chi connectivity index (χ1v) is 9.38. The van der Waals surface area contributed by atoms with Crippen LogP contribution >= 0.6 is 0 Å². The van der Waals surface area contributed by atoms with E-state index in [1.54, 1.807) is 18.2 Å². The molecule has 3 N–H and O–H groups in total. The Balaban J connectivity index is 2.69. The fourth-order valence-corrected chi connectivity index (χ4v) is 2.46. The molecule has 0 radical (unpaired) electrons. The van der Waals surface area contributed by atoms with E-state index >= 15 is 0 Å². The normalized spacial score (nSPS) is 14.7. The second-order valence-corrected chi connectivity index (χ2v) is 6.48. The number of hydrogen-bond acceptors (Lipinski definition) is 4. The number of carbonyl (C=O) groups excluding carboxylic acids is 1. The Labute approximate surface area is 162 Å². The second-order valence-electron chi connectivity index (χ2n) is 6.48. The first-order chi connectivity index (χ1) is 12.9. The number of rotatable bonds is 10. The van der Waals surface area contributed by atoms with Crippen LogP contribution in [-0.2, 0) is 4.79 Å². The van der Waals surface area contributed by atoms with Crippen molar-refractivity contribution < 1.29 is 20.1 Å². The maximum absolute atomic E-state index is 10.9. The highest BCUT2D eigenvalue weighted by Crippen LogP contribution is 2.15. The Morgan fingerprint density at radius 2 is 1.70 bits per heavy atom. The molecule has 0 aliphatic rings. The van der Waals surface area contributed by atoms with Crippen molar-refractivity contribution in [3.63, 3.8) is 0 Å². The van der Waals surface area contributed by atoms with Gasteiger partial charge in [-0.05, 0) is 30.9 Å². The minimum Gasteiger partial charge on any atom is -0.390 e. The average molecular weight is 370 g/mol. The first-order valence-electron chi connectivity index (χ1n) is 9.38. The molecule has 27 heavy (non-hydrogen) atoms.